The third kappa shape index (κ3) is 4.86. The average molecular weight is 313 g/mol. The molecule has 1 N–H and O–H groups in total. The average Bonchev–Trinajstić information content (AvgIpc) is 2.77. The molecule has 1 amide bonds. The molecule has 1 aromatic heterocycles. The van der Waals surface area contributed by atoms with Crippen LogP contribution in [0.5, 0.6) is 0 Å². The van der Waals surface area contributed by atoms with Gasteiger partial charge in [0, 0.05) is 16.2 Å². The summed E-state index contributed by atoms with van der Waals surface area (Å²) in [6.45, 7) is 1.90. The number of hydrogen-bond acceptors (Lipinski definition) is 4. The van der Waals surface area contributed by atoms with Gasteiger partial charge in [0.15, 0.2) is 5.13 Å². The van der Waals surface area contributed by atoms with Crippen LogP contribution in [0.2, 0.25) is 5.02 Å². The Hall–Kier alpha value is -1.04. The minimum absolute atomic E-state index is 0.0201. The predicted molar refractivity (Wildman–Crippen MR) is 83.1 cm³/mol. The molecule has 19 heavy (non-hydrogen) atoms. The molecule has 0 aliphatic carbocycles. The summed E-state index contributed by atoms with van der Waals surface area (Å²) in [5.41, 5.74) is 2.08. The zero-order chi connectivity index (χ0) is 13.7. The summed E-state index contributed by atoms with van der Waals surface area (Å²) in [5, 5.41) is 6.09. The summed E-state index contributed by atoms with van der Waals surface area (Å²) >= 11 is 8.82. The first kappa shape index (κ1) is 14.4. The van der Waals surface area contributed by atoms with E-state index in [1.807, 2.05) is 36.6 Å². The maximum absolute atomic E-state index is 11.7. The van der Waals surface area contributed by atoms with E-state index in [0.717, 1.165) is 22.0 Å². The Labute approximate surface area is 125 Å². The van der Waals surface area contributed by atoms with E-state index in [-0.39, 0.29) is 5.91 Å². The number of nitrogens with zero attached hydrogens (tertiary/aromatic N) is 1. The lowest BCUT2D eigenvalue weighted by molar-refractivity contribution is -0.113. The summed E-state index contributed by atoms with van der Waals surface area (Å²) in [5.74, 6) is 1.19. The first-order valence-corrected chi connectivity index (χ1v) is 8.09. The highest BCUT2D eigenvalue weighted by molar-refractivity contribution is 7.99. The zero-order valence-corrected chi connectivity index (χ0v) is 12.7. The van der Waals surface area contributed by atoms with Crippen molar-refractivity contribution in [3.63, 3.8) is 0 Å². The van der Waals surface area contributed by atoms with Crippen molar-refractivity contribution in [1.82, 2.24) is 4.98 Å². The summed E-state index contributed by atoms with van der Waals surface area (Å²) in [7, 11) is 0. The Morgan fingerprint density at radius 3 is 2.79 bits per heavy atom. The van der Waals surface area contributed by atoms with Gasteiger partial charge in [-0.25, -0.2) is 4.98 Å². The first-order chi connectivity index (χ1) is 9.13. The molecule has 0 spiro atoms. The number of halogens is 1. The van der Waals surface area contributed by atoms with Crippen molar-refractivity contribution in [2.45, 2.75) is 12.7 Å². The Bertz CT molecular complexity index is 554. The lowest BCUT2D eigenvalue weighted by Gasteiger charge is -2.02. The number of amides is 1. The third-order valence-electron chi connectivity index (χ3n) is 2.28. The van der Waals surface area contributed by atoms with Crippen molar-refractivity contribution in [2.75, 3.05) is 11.1 Å². The number of nitrogens with one attached hydrogen (secondary N) is 1. The SMILES string of the molecule is Cc1csc(NC(=O)CSCc2ccc(Cl)cc2)n1. The maximum Gasteiger partial charge on any atom is 0.236 e. The number of carbonyl (C=O) groups excluding carboxylic acids is 1. The number of hydrogen-bond donors (Lipinski definition) is 1. The molecule has 2 aromatic rings. The summed E-state index contributed by atoms with van der Waals surface area (Å²) in [4.78, 5) is 15.9. The molecular weight excluding hydrogens is 300 g/mol. The van der Waals surface area contributed by atoms with Gasteiger partial charge in [-0.05, 0) is 24.6 Å². The van der Waals surface area contributed by atoms with Gasteiger partial charge in [-0.2, -0.15) is 0 Å². The molecule has 0 radical (unpaired) electrons. The van der Waals surface area contributed by atoms with Crippen LogP contribution >= 0.6 is 34.7 Å². The molecule has 6 heteroatoms. The second-order valence-electron chi connectivity index (χ2n) is 3.96. The van der Waals surface area contributed by atoms with E-state index in [9.17, 15) is 4.79 Å². The minimum atomic E-state index is -0.0201. The van der Waals surface area contributed by atoms with Crippen LogP contribution in [0.15, 0.2) is 29.6 Å². The second-order valence-corrected chi connectivity index (χ2v) is 6.24. The first-order valence-electron chi connectivity index (χ1n) is 5.67. The van der Waals surface area contributed by atoms with E-state index in [1.54, 1.807) is 11.8 Å². The Balaban J connectivity index is 1.73. The van der Waals surface area contributed by atoms with Gasteiger partial charge in [-0.15, -0.1) is 23.1 Å². The molecular formula is C13H13ClN2OS2. The molecule has 3 nitrogen and oxygen atoms in total. The Morgan fingerprint density at radius 1 is 1.42 bits per heavy atom. The van der Waals surface area contributed by atoms with Crippen LogP contribution in [0.3, 0.4) is 0 Å². The van der Waals surface area contributed by atoms with Crippen LogP contribution in [0.25, 0.3) is 0 Å². The van der Waals surface area contributed by atoms with Crippen molar-refractivity contribution in [3.05, 3.63) is 45.9 Å². The number of rotatable bonds is 5. The van der Waals surface area contributed by atoms with Crippen molar-refractivity contribution < 1.29 is 4.79 Å². The second kappa shape index (κ2) is 6.93. The normalized spacial score (nSPS) is 10.4. The highest BCUT2D eigenvalue weighted by Crippen LogP contribution is 2.17. The summed E-state index contributed by atoms with van der Waals surface area (Å²) in [6.07, 6.45) is 0. The molecule has 0 atom stereocenters. The van der Waals surface area contributed by atoms with Crippen molar-refractivity contribution in [1.29, 1.82) is 0 Å². The monoisotopic (exact) mass is 312 g/mol. The number of aromatic nitrogens is 1. The standard InChI is InChI=1S/C13H13ClN2OS2/c1-9-6-19-13(15-9)16-12(17)8-18-7-10-2-4-11(14)5-3-10/h2-6H,7-8H2,1H3,(H,15,16,17). The van der Waals surface area contributed by atoms with Crippen LogP contribution in [0.1, 0.15) is 11.3 Å². The van der Waals surface area contributed by atoms with E-state index in [0.29, 0.717) is 10.9 Å². The topological polar surface area (TPSA) is 42.0 Å². The molecule has 0 fully saturated rings. The van der Waals surface area contributed by atoms with Gasteiger partial charge in [0.25, 0.3) is 0 Å². The number of aryl methyl sites for hydroxylation is 1. The maximum atomic E-state index is 11.7. The fourth-order valence-corrected chi connectivity index (χ4v) is 3.03. The number of carbonyl (C=O) groups is 1. The van der Waals surface area contributed by atoms with Crippen molar-refractivity contribution in [2.24, 2.45) is 0 Å². The van der Waals surface area contributed by atoms with Crippen LogP contribution in [0.4, 0.5) is 5.13 Å². The molecule has 0 saturated carbocycles. The van der Waals surface area contributed by atoms with Crippen LogP contribution in [-0.4, -0.2) is 16.6 Å². The van der Waals surface area contributed by atoms with Gasteiger partial charge < -0.3 is 5.32 Å². The highest BCUT2D eigenvalue weighted by Gasteiger charge is 2.05. The molecule has 0 unspecified atom stereocenters. The number of benzene rings is 1. The number of thioether (sulfide) groups is 1. The number of thiazole rings is 1. The third-order valence-corrected chi connectivity index (χ3v) is 4.41. The van der Waals surface area contributed by atoms with E-state index in [4.69, 9.17) is 11.6 Å². The molecule has 0 aliphatic heterocycles. The van der Waals surface area contributed by atoms with Gasteiger partial charge in [-0.3, -0.25) is 4.79 Å². The predicted octanol–water partition coefficient (Wildman–Crippen LogP) is 3.98. The molecule has 2 rings (SSSR count). The van der Waals surface area contributed by atoms with Gasteiger partial charge in [-0.1, -0.05) is 23.7 Å². The van der Waals surface area contributed by atoms with E-state index >= 15 is 0 Å². The Morgan fingerprint density at radius 2 is 2.16 bits per heavy atom. The molecule has 1 heterocycles. The van der Waals surface area contributed by atoms with Gasteiger partial charge in [0.2, 0.25) is 5.91 Å². The van der Waals surface area contributed by atoms with Crippen LogP contribution < -0.4 is 5.32 Å². The fourth-order valence-electron chi connectivity index (χ4n) is 1.41. The summed E-state index contributed by atoms with van der Waals surface area (Å²) in [6, 6.07) is 7.65. The van der Waals surface area contributed by atoms with Gasteiger partial charge in [0.05, 0.1) is 11.4 Å². The quantitative estimate of drug-likeness (QED) is 0.908. The lowest BCUT2D eigenvalue weighted by atomic mass is 10.2. The van der Waals surface area contributed by atoms with Crippen molar-refractivity contribution >= 4 is 45.7 Å². The van der Waals surface area contributed by atoms with E-state index < -0.39 is 0 Å². The highest BCUT2D eigenvalue weighted by atomic mass is 35.5. The van der Waals surface area contributed by atoms with Crippen LogP contribution in [-0.2, 0) is 10.5 Å². The largest absolute Gasteiger partial charge is 0.301 e. The molecule has 100 valence electrons. The van der Waals surface area contributed by atoms with Gasteiger partial charge in [0.1, 0.15) is 0 Å². The molecule has 1 aromatic carbocycles. The summed E-state index contributed by atoms with van der Waals surface area (Å²) < 4.78 is 0. The fraction of sp³-hybridized carbons (Fsp3) is 0.231. The van der Waals surface area contributed by atoms with Crippen LogP contribution in [0, 0.1) is 6.92 Å². The Kier molecular flexibility index (Phi) is 5.24. The molecule has 0 saturated heterocycles. The van der Waals surface area contributed by atoms with E-state index in [2.05, 4.69) is 10.3 Å². The smallest absolute Gasteiger partial charge is 0.236 e. The van der Waals surface area contributed by atoms with Gasteiger partial charge >= 0.3 is 0 Å². The minimum Gasteiger partial charge on any atom is -0.301 e. The number of anilines is 1. The molecule has 0 aliphatic rings. The van der Waals surface area contributed by atoms with Crippen molar-refractivity contribution in [3.8, 4) is 0 Å². The lowest BCUT2D eigenvalue weighted by Crippen LogP contribution is -2.13. The zero-order valence-electron chi connectivity index (χ0n) is 10.4. The van der Waals surface area contributed by atoms with E-state index in [1.165, 1.54) is 11.3 Å². The molecule has 0 bridgehead atoms.